The monoisotopic (exact) mass is 979 g/mol. The highest BCUT2D eigenvalue weighted by atomic mass is 32.1. The molecule has 1 aromatic heterocycles. The Bertz CT molecular complexity index is 2880. The van der Waals surface area contributed by atoms with E-state index in [1.165, 1.54) is 22.3 Å². The molecule has 5 aromatic rings. The molecule has 69 heavy (non-hydrogen) atoms. The van der Waals surface area contributed by atoms with Gasteiger partial charge in [0.05, 0.1) is 45.1 Å². The summed E-state index contributed by atoms with van der Waals surface area (Å²) in [6.45, 7) is 9.26. The van der Waals surface area contributed by atoms with E-state index in [0.717, 1.165) is 38.7 Å². The second-order valence-electron chi connectivity index (χ2n) is 17.8. The first-order chi connectivity index (χ1) is 32.8. The molecule has 19 heteroatoms. The Morgan fingerprint density at radius 3 is 2.39 bits per heavy atom. The summed E-state index contributed by atoms with van der Waals surface area (Å²) in [5.41, 5.74) is 2.80. The number of likely N-dealkylation sites (tertiary alicyclic amines) is 1. The van der Waals surface area contributed by atoms with E-state index in [1.807, 2.05) is 51.1 Å². The fourth-order valence-corrected chi connectivity index (χ4v) is 10.4. The quantitative estimate of drug-likeness (QED) is 0.0829. The number of rotatable bonds is 14. The molecule has 0 spiro atoms. The number of alkyl halides is 3. The number of anilines is 2. The van der Waals surface area contributed by atoms with Crippen molar-refractivity contribution in [1.29, 1.82) is 5.26 Å². The molecule has 4 aromatic carbocycles. The SMILES string of the molecule is Cc1ncsc1-c1ccc(CNC(=O)[C@@H]2C[C@@H](O)CN2C(=O)[C@H](C(C)C)N2Cc3ccccc3C2=O)c(OCCOc2ccc(N3C(=S)N(c4ccc(C#N)c(C(F)(F)F)c4)C(=O)C3(C)C)cc2)c1. The van der Waals surface area contributed by atoms with E-state index in [2.05, 4.69) is 10.3 Å². The minimum Gasteiger partial charge on any atom is -0.490 e. The number of carbonyl (C=O) groups is 4. The van der Waals surface area contributed by atoms with Crippen LogP contribution in [0.5, 0.6) is 11.5 Å². The number of thiocarbonyl (C=S) groups is 1. The maximum atomic E-state index is 14.3. The maximum Gasteiger partial charge on any atom is 0.417 e. The lowest BCUT2D eigenvalue weighted by atomic mass is 10.0. The number of aliphatic hydroxyl groups is 1. The highest BCUT2D eigenvalue weighted by molar-refractivity contribution is 7.81. The molecule has 0 aliphatic carbocycles. The van der Waals surface area contributed by atoms with Gasteiger partial charge in [0.1, 0.15) is 42.3 Å². The number of ether oxygens (including phenoxy) is 2. The van der Waals surface area contributed by atoms with Crippen LogP contribution in [0.1, 0.15) is 72.4 Å². The largest absolute Gasteiger partial charge is 0.490 e. The van der Waals surface area contributed by atoms with Crippen molar-refractivity contribution in [2.45, 2.75) is 84.0 Å². The molecule has 2 fully saturated rings. The zero-order valence-corrected chi connectivity index (χ0v) is 39.9. The minimum absolute atomic E-state index is 0.0317. The molecule has 0 saturated carbocycles. The van der Waals surface area contributed by atoms with Crippen LogP contribution in [0.2, 0.25) is 0 Å². The number of nitriles is 1. The van der Waals surface area contributed by atoms with Gasteiger partial charge in [-0.15, -0.1) is 11.3 Å². The third-order valence-electron chi connectivity index (χ3n) is 12.5. The molecule has 0 unspecified atom stereocenters. The summed E-state index contributed by atoms with van der Waals surface area (Å²) in [6.07, 6.45) is -5.73. The first-order valence-electron chi connectivity index (χ1n) is 22.1. The van der Waals surface area contributed by atoms with Crippen LogP contribution >= 0.6 is 23.6 Å². The highest BCUT2D eigenvalue weighted by Gasteiger charge is 2.51. The number of aliphatic hydroxyl groups excluding tert-OH is 1. The van der Waals surface area contributed by atoms with E-state index in [1.54, 1.807) is 71.6 Å². The van der Waals surface area contributed by atoms with Crippen molar-refractivity contribution >= 4 is 63.7 Å². The van der Waals surface area contributed by atoms with E-state index >= 15 is 0 Å². The van der Waals surface area contributed by atoms with Crippen molar-refractivity contribution < 1.29 is 46.9 Å². The van der Waals surface area contributed by atoms with Crippen molar-refractivity contribution in [2.75, 3.05) is 29.6 Å². The molecule has 2 N–H and O–H groups in total. The molecule has 3 atom stereocenters. The van der Waals surface area contributed by atoms with Gasteiger partial charge in [0, 0.05) is 42.9 Å². The van der Waals surface area contributed by atoms with Crippen molar-refractivity contribution in [3.05, 3.63) is 124 Å². The number of hydrogen-bond donors (Lipinski definition) is 2. The molecule has 8 rings (SSSR count). The van der Waals surface area contributed by atoms with Crippen molar-refractivity contribution in [3.8, 4) is 28.0 Å². The Balaban J connectivity index is 0.927. The van der Waals surface area contributed by atoms with Crippen molar-refractivity contribution in [2.24, 2.45) is 5.92 Å². The average Bonchev–Trinajstić information content (AvgIpc) is 4.06. The lowest BCUT2D eigenvalue weighted by Crippen LogP contribution is -2.55. The van der Waals surface area contributed by atoms with Gasteiger partial charge in [-0.2, -0.15) is 18.4 Å². The first kappa shape index (κ1) is 48.6. The average molecular weight is 980 g/mol. The zero-order valence-electron chi connectivity index (χ0n) is 38.2. The van der Waals surface area contributed by atoms with Gasteiger partial charge < -0.3 is 34.6 Å². The minimum atomic E-state index is -4.83. The standard InChI is InChI=1S/C50H48F3N7O7S2/c1-28(2)42(58-25-33-8-6-7-9-38(33)45(58)63)46(64)57-26-36(61)22-40(57)44(62)55-24-32-11-10-30(43-29(3)56-27-69-43)20-41(32)67-19-18-66-37-16-14-34(15-17-37)60-48(68)59(47(65)49(60,4)5)35-13-12-31(23-54)39(21-35)50(51,52)53/h6-17,20-21,27-28,36,40,42,61H,18-19,22,24-26H2,1-5H3,(H,55,62)/t36-,40+,42+/m1/s1. The number of aromatic nitrogens is 1. The Hall–Kier alpha value is -6.88. The molecular formula is C50H48F3N7O7S2. The van der Waals surface area contributed by atoms with E-state index in [0.29, 0.717) is 28.3 Å². The Kier molecular flexibility index (Phi) is 13.6. The molecule has 0 radical (unpaired) electrons. The van der Waals surface area contributed by atoms with E-state index in [-0.39, 0.29) is 61.9 Å². The third kappa shape index (κ3) is 9.48. The van der Waals surface area contributed by atoms with Crippen molar-refractivity contribution in [1.82, 2.24) is 20.1 Å². The van der Waals surface area contributed by atoms with Gasteiger partial charge in [-0.05, 0) is 105 Å². The number of thiazole rings is 1. The summed E-state index contributed by atoms with van der Waals surface area (Å²) in [4.78, 5) is 66.2. The summed E-state index contributed by atoms with van der Waals surface area (Å²) in [5.74, 6) is -1.01. The van der Waals surface area contributed by atoms with Gasteiger partial charge in [0.25, 0.3) is 11.8 Å². The van der Waals surface area contributed by atoms with Gasteiger partial charge >= 0.3 is 6.18 Å². The van der Waals surface area contributed by atoms with Gasteiger partial charge in [0.2, 0.25) is 11.8 Å². The normalized spacial score (nSPS) is 18.2. The molecule has 4 amide bonds. The lowest BCUT2D eigenvalue weighted by Gasteiger charge is -2.35. The highest BCUT2D eigenvalue weighted by Crippen LogP contribution is 2.40. The Morgan fingerprint density at radius 2 is 1.72 bits per heavy atom. The summed E-state index contributed by atoms with van der Waals surface area (Å²) in [5, 5.41) is 22.9. The van der Waals surface area contributed by atoms with Crippen LogP contribution in [0.3, 0.4) is 0 Å². The fraction of sp³-hybridized carbons (Fsp3) is 0.340. The number of fused-ring (bicyclic) bond motifs is 1. The number of benzene rings is 4. The molecule has 2 saturated heterocycles. The topological polar surface area (TPSA) is 169 Å². The summed E-state index contributed by atoms with van der Waals surface area (Å²) in [7, 11) is 0. The van der Waals surface area contributed by atoms with Crippen LogP contribution in [-0.2, 0) is 33.6 Å². The predicted octanol–water partition coefficient (Wildman–Crippen LogP) is 7.64. The third-order valence-corrected chi connectivity index (χ3v) is 13.9. The zero-order chi connectivity index (χ0) is 49.5. The smallest absolute Gasteiger partial charge is 0.417 e. The fourth-order valence-electron chi connectivity index (χ4n) is 9.07. The van der Waals surface area contributed by atoms with Crippen LogP contribution in [0, 0.1) is 24.2 Å². The number of hydrogen-bond acceptors (Lipinski definition) is 11. The molecule has 358 valence electrons. The lowest BCUT2D eigenvalue weighted by molar-refractivity contribution is -0.143. The second-order valence-corrected chi connectivity index (χ2v) is 19.0. The molecule has 14 nitrogen and oxygen atoms in total. The van der Waals surface area contributed by atoms with Crippen LogP contribution in [-0.4, -0.2) is 92.1 Å². The van der Waals surface area contributed by atoms with Crippen LogP contribution < -0.4 is 24.6 Å². The second kappa shape index (κ2) is 19.3. The Morgan fingerprint density at radius 1 is 1.01 bits per heavy atom. The number of β-amino-alcohol motifs (C(OH)–C–C–N with tert-alkyl or cyclic N) is 1. The molecule has 3 aliphatic rings. The Labute approximate surface area is 405 Å². The number of amides is 4. The van der Waals surface area contributed by atoms with Gasteiger partial charge in [0.15, 0.2) is 5.11 Å². The number of aryl methyl sites for hydroxylation is 1. The predicted molar refractivity (Wildman–Crippen MR) is 255 cm³/mol. The molecule has 3 aliphatic heterocycles. The van der Waals surface area contributed by atoms with Crippen molar-refractivity contribution in [3.63, 3.8) is 0 Å². The molecular weight excluding hydrogens is 932 g/mol. The number of carbonyl (C=O) groups excluding carboxylic acids is 4. The van der Waals surface area contributed by atoms with Crippen LogP contribution in [0.15, 0.2) is 90.4 Å². The van der Waals surface area contributed by atoms with Crippen LogP contribution in [0.4, 0.5) is 24.5 Å². The summed E-state index contributed by atoms with van der Waals surface area (Å²) < 4.78 is 53.8. The van der Waals surface area contributed by atoms with Crippen LogP contribution in [0.25, 0.3) is 10.4 Å². The van der Waals surface area contributed by atoms with E-state index in [9.17, 15) is 42.7 Å². The summed E-state index contributed by atoms with van der Waals surface area (Å²) in [6, 6.07) is 22.3. The van der Waals surface area contributed by atoms with Gasteiger partial charge in [-0.25, -0.2) is 4.98 Å². The number of nitrogens with one attached hydrogen (secondary N) is 1. The number of halogens is 3. The van der Waals surface area contributed by atoms with E-state index in [4.69, 9.17) is 21.7 Å². The van der Waals surface area contributed by atoms with E-state index < -0.39 is 58.8 Å². The molecule has 0 bridgehead atoms. The maximum absolute atomic E-state index is 14.3. The number of nitrogens with zero attached hydrogens (tertiary/aromatic N) is 6. The van der Waals surface area contributed by atoms with Gasteiger partial charge in [-0.1, -0.05) is 44.2 Å². The summed E-state index contributed by atoms with van der Waals surface area (Å²) >= 11 is 7.14. The molecule has 4 heterocycles. The van der Waals surface area contributed by atoms with Gasteiger partial charge in [-0.3, -0.25) is 24.1 Å². The first-order valence-corrected chi connectivity index (χ1v) is 23.4.